The summed E-state index contributed by atoms with van der Waals surface area (Å²) in [5.74, 6) is 0.907. The molecule has 126 valence electrons. The van der Waals surface area contributed by atoms with Crippen molar-refractivity contribution >= 4 is 16.3 Å². The first-order valence-electron chi connectivity index (χ1n) is 8.86. The zero-order chi connectivity index (χ0) is 17.1. The van der Waals surface area contributed by atoms with Gasteiger partial charge in [0.2, 0.25) is 0 Å². The van der Waals surface area contributed by atoms with Gasteiger partial charge >= 0.3 is 0 Å². The van der Waals surface area contributed by atoms with Gasteiger partial charge in [0, 0.05) is 12.6 Å². The lowest BCUT2D eigenvalue weighted by Crippen LogP contribution is -2.34. The highest BCUT2D eigenvalue weighted by atomic mass is 16.5. The van der Waals surface area contributed by atoms with E-state index in [1.54, 1.807) is 7.11 Å². The summed E-state index contributed by atoms with van der Waals surface area (Å²) in [6.45, 7) is 0.938. The number of ether oxygens (including phenoxy) is 1. The Labute approximate surface area is 149 Å². The molecule has 0 saturated heterocycles. The molecule has 1 heterocycles. The summed E-state index contributed by atoms with van der Waals surface area (Å²) >= 11 is 0. The molecule has 4 rings (SSSR count). The molecule has 0 bridgehead atoms. The summed E-state index contributed by atoms with van der Waals surface area (Å²) in [5.41, 5.74) is 4.17. The Bertz CT molecular complexity index is 898. The summed E-state index contributed by atoms with van der Waals surface area (Å²) in [4.78, 5) is 0. The van der Waals surface area contributed by atoms with Gasteiger partial charge in [-0.25, -0.2) is 0 Å². The number of benzene rings is 3. The average molecular weight is 329 g/mol. The van der Waals surface area contributed by atoms with E-state index in [4.69, 9.17) is 4.74 Å². The van der Waals surface area contributed by atoms with Crippen LogP contribution in [-0.4, -0.2) is 19.7 Å². The molecular formula is C23H23NO. The van der Waals surface area contributed by atoms with Crippen LogP contribution in [0.4, 0.5) is 0 Å². The number of hydrogen-bond acceptors (Lipinski definition) is 2. The van der Waals surface area contributed by atoms with E-state index in [2.05, 4.69) is 72.1 Å². The molecule has 0 fully saturated rings. The fourth-order valence-electron chi connectivity index (χ4n) is 3.60. The van der Waals surface area contributed by atoms with Crippen LogP contribution in [0.5, 0.6) is 5.75 Å². The van der Waals surface area contributed by atoms with Crippen LogP contribution in [0.25, 0.3) is 16.3 Å². The van der Waals surface area contributed by atoms with E-state index in [0.717, 1.165) is 25.1 Å². The molecule has 3 aromatic rings. The molecule has 0 amide bonds. The Morgan fingerprint density at radius 2 is 1.76 bits per heavy atom. The molecule has 0 radical (unpaired) electrons. The zero-order valence-corrected chi connectivity index (χ0v) is 14.5. The van der Waals surface area contributed by atoms with Gasteiger partial charge in [-0.15, -0.1) is 0 Å². The lowest BCUT2D eigenvalue weighted by molar-refractivity contribution is 0.415. The number of fused-ring (bicyclic) bond motifs is 1. The summed E-state index contributed by atoms with van der Waals surface area (Å²) in [7, 11) is 1.71. The molecule has 0 aliphatic carbocycles. The van der Waals surface area contributed by atoms with Crippen LogP contribution in [0.2, 0.25) is 0 Å². The lowest BCUT2D eigenvalue weighted by Gasteiger charge is -2.25. The first-order valence-corrected chi connectivity index (χ1v) is 8.86. The number of nitrogens with one attached hydrogen (secondary N) is 1. The Hall–Kier alpha value is -2.58. The molecule has 1 N–H and O–H groups in total. The minimum Gasteiger partial charge on any atom is -0.497 e. The van der Waals surface area contributed by atoms with Gasteiger partial charge in [-0.3, -0.25) is 0 Å². The van der Waals surface area contributed by atoms with E-state index >= 15 is 0 Å². The molecular weight excluding hydrogens is 306 g/mol. The molecule has 0 spiro atoms. The van der Waals surface area contributed by atoms with Gasteiger partial charge in [-0.05, 0) is 58.5 Å². The maximum Gasteiger partial charge on any atom is 0.119 e. The smallest absolute Gasteiger partial charge is 0.119 e. The van der Waals surface area contributed by atoms with Crippen LogP contribution < -0.4 is 10.1 Å². The Kier molecular flexibility index (Phi) is 4.53. The Balaban J connectivity index is 1.54. The third kappa shape index (κ3) is 3.59. The van der Waals surface area contributed by atoms with E-state index in [9.17, 15) is 0 Å². The first-order chi connectivity index (χ1) is 12.3. The molecule has 0 aromatic heterocycles. The quantitative estimate of drug-likeness (QED) is 0.740. The standard InChI is InChI=1S/C23H23NO/c1-25-23-10-9-19-14-18(7-8-20(19)16-23)21-11-12-24-22(15-21)13-17-5-3-2-4-6-17/h2-11,14,16,22,24H,12-13,15H2,1H3. The number of hydrogen-bond donors (Lipinski definition) is 1. The van der Waals surface area contributed by atoms with Gasteiger partial charge in [0.05, 0.1) is 7.11 Å². The summed E-state index contributed by atoms with van der Waals surface area (Å²) in [5, 5.41) is 6.11. The van der Waals surface area contributed by atoms with Crippen molar-refractivity contribution in [3.63, 3.8) is 0 Å². The van der Waals surface area contributed by atoms with Crippen molar-refractivity contribution in [3.05, 3.63) is 83.9 Å². The highest BCUT2D eigenvalue weighted by Gasteiger charge is 2.16. The van der Waals surface area contributed by atoms with Crippen molar-refractivity contribution in [2.45, 2.75) is 18.9 Å². The highest BCUT2D eigenvalue weighted by molar-refractivity contribution is 5.87. The monoisotopic (exact) mass is 329 g/mol. The first kappa shape index (κ1) is 15.9. The predicted octanol–water partition coefficient (Wildman–Crippen LogP) is 4.84. The van der Waals surface area contributed by atoms with Crippen molar-refractivity contribution in [1.29, 1.82) is 0 Å². The van der Waals surface area contributed by atoms with Crippen LogP contribution in [-0.2, 0) is 6.42 Å². The maximum absolute atomic E-state index is 5.32. The largest absolute Gasteiger partial charge is 0.497 e. The van der Waals surface area contributed by atoms with Crippen molar-refractivity contribution in [2.75, 3.05) is 13.7 Å². The molecule has 2 heteroatoms. The summed E-state index contributed by atoms with van der Waals surface area (Å²) in [6.07, 6.45) is 4.46. The molecule has 25 heavy (non-hydrogen) atoms. The normalized spacial score (nSPS) is 17.3. The Morgan fingerprint density at radius 3 is 2.60 bits per heavy atom. The van der Waals surface area contributed by atoms with E-state index in [1.165, 1.54) is 27.5 Å². The van der Waals surface area contributed by atoms with Crippen molar-refractivity contribution < 1.29 is 4.74 Å². The van der Waals surface area contributed by atoms with Crippen LogP contribution in [0.1, 0.15) is 17.5 Å². The molecule has 1 aliphatic heterocycles. The summed E-state index contributed by atoms with van der Waals surface area (Å²) < 4.78 is 5.32. The molecule has 0 saturated carbocycles. The Morgan fingerprint density at radius 1 is 0.960 bits per heavy atom. The number of rotatable bonds is 4. The van der Waals surface area contributed by atoms with Crippen LogP contribution in [0, 0.1) is 0 Å². The molecule has 2 nitrogen and oxygen atoms in total. The minimum atomic E-state index is 0.494. The van der Waals surface area contributed by atoms with Crippen LogP contribution >= 0.6 is 0 Å². The van der Waals surface area contributed by atoms with Gasteiger partial charge < -0.3 is 10.1 Å². The van der Waals surface area contributed by atoms with E-state index in [-0.39, 0.29) is 0 Å². The van der Waals surface area contributed by atoms with Gasteiger partial charge in [0.15, 0.2) is 0 Å². The molecule has 3 aromatic carbocycles. The topological polar surface area (TPSA) is 21.3 Å². The molecule has 1 unspecified atom stereocenters. The van der Waals surface area contributed by atoms with Crippen LogP contribution in [0.15, 0.2) is 72.8 Å². The minimum absolute atomic E-state index is 0.494. The average Bonchev–Trinajstić information content (AvgIpc) is 2.68. The van der Waals surface area contributed by atoms with Gasteiger partial charge in [-0.1, -0.05) is 54.6 Å². The highest BCUT2D eigenvalue weighted by Crippen LogP contribution is 2.28. The second kappa shape index (κ2) is 7.12. The van der Waals surface area contributed by atoms with Gasteiger partial charge in [-0.2, -0.15) is 0 Å². The third-order valence-electron chi connectivity index (χ3n) is 4.96. The van der Waals surface area contributed by atoms with E-state index in [1.807, 2.05) is 6.07 Å². The molecule has 1 atom stereocenters. The summed E-state index contributed by atoms with van der Waals surface area (Å²) in [6, 6.07) is 24.2. The van der Waals surface area contributed by atoms with Crippen molar-refractivity contribution in [2.24, 2.45) is 0 Å². The third-order valence-corrected chi connectivity index (χ3v) is 4.96. The van der Waals surface area contributed by atoms with Crippen molar-refractivity contribution in [1.82, 2.24) is 5.32 Å². The van der Waals surface area contributed by atoms with Crippen molar-refractivity contribution in [3.8, 4) is 5.75 Å². The van der Waals surface area contributed by atoms with E-state index < -0.39 is 0 Å². The van der Waals surface area contributed by atoms with E-state index in [0.29, 0.717) is 6.04 Å². The lowest BCUT2D eigenvalue weighted by atomic mass is 9.91. The zero-order valence-electron chi connectivity index (χ0n) is 14.5. The fraction of sp³-hybridized carbons (Fsp3) is 0.217. The van der Waals surface area contributed by atoms with Gasteiger partial charge in [0.1, 0.15) is 5.75 Å². The second-order valence-corrected chi connectivity index (χ2v) is 6.66. The number of methoxy groups -OCH3 is 1. The SMILES string of the molecule is COc1ccc2cc(C3=CCNC(Cc4ccccc4)C3)ccc2c1. The second-order valence-electron chi connectivity index (χ2n) is 6.66. The predicted molar refractivity (Wildman–Crippen MR) is 105 cm³/mol. The maximum atomic E-state index is 5.32. The van der Waals surface area contributed by atoms with Crippen LogP contribution in [0.3, 0.4) is 0 Å². The fourth-order valence-corrected chi connectivity index (χ4v) is 3.60. The van der Waals surface area contributed by atoms with Gasteiger partial charge in [0.25, 0.3) is 0 Å². The molecule has 1 aliphatic rings.